The number of anilines is 1. The van der Waals surface area contributed by atoms with Gasteiger partial charge in [-0.3, -0.25) is 10.4 Å². The van der Waals surface area contributed by atoms with Crippen LogP contribution >= 0.6 is 11.3 Å². The maximum absolute atomic E-state index is 4.42. The lowest BCUT2D eigenvalue weighted by Crippen LogP contribution is -2.00. The van der Waals surface area contributed by atoms with Crippen molar-refractivity contribution < 1.29 is 0 Å². The molecule has 1 N–H and O–H groups in total. The van der Waals surface area contributed by atoms with Gasteiger partial charge in [0.05, 0.1) is 11.6 Å². The summed E-state index contributed by atoms with van der Waals surface area (Å²) < 4.78 is 0. The summed E-state index contributed by atoms with van der Waals surface area (Å²) in [5, 5.41) is 5.43. The van der Waals surface area contributed by atoms with E-state index in [0.717, 1.165) is 34.4 Å². The lowest BCUT2D eigenvalue weighted by molar-refractivity contribution is 0.700. The van der Waals surface area contributed by atoms with Gasteiger partial charge >= 0.3 is 0 Å². The number of rotatable bonds is 3. The van der Waals surface area contributed by atoms with Crippen LogP contribution in [0.1, 0.15) is 28.8 Å². The van der Waals surface area contributed by atoms with Gasteiger partial charge < -0.3 is 0 Å². The summed E-state index contributed by atoms with van der Waals surface area (Å²) in [5.74, 6) is 0.796. The van der Waals surface area contributed by atoms with Gasteiger partial charge in [0.2, 0.25) is 0 Å². The number of pyridine rings is 1. The maximum atomic E-state index is 4.42. The molecule has 0 aliphatic heterocycles. The Balaban J connectivity index is 1.67. The molecule has 3 aromatic rings. The molecule has 0 spiro atoms. The molecular weight excluding hydrogens is 294 g/mol. The van der Waals surface area contributed by atoms with Gasteiger partial charge in [-0.15, -0.1) is 11.3 Å². The number of nitrogens with zero attached hydrogens (tertiary/aromatic N) is 4. The first-order valence-corrected chi connectivity index (χ1v) is 8.18. The Kier molecular flexibility index (Phi) is 3.52. The molecule has 22 heavy (non-hydrogen) atoms. The van der Waals surface area contributed by atoms with Gasteiger partial charge in [0.25, 0.3) is 0 Å². The van der Waals surface area contributed by atoms with Crippen LogP contribution in [0.3, 0.4) is 0 Å². The Morgan fingerprint density at radius 1 is 1.23 bits per heavy atom. The summed E-state index contributed by atoms with van der Waals surface area (Å²) >= 11 is 1.79. The van der Waals surface area contributed by atoms with Crippen molar-refractivity contribution in [2.24, 2.45) is 5.10 Å². The van der Waals surface area contributed by atoms with E-state index in [4.69, 9.17) is 0 Å². The fraction of sp³-hybridized carbons (Fsp3) is 0.250. The summed E-state index contributed by atoms with van der Waals surface area (Å²) in [6.07, 6.45) is 11.7. The Morgan fingerprint density at radius 3 is 3.09 bits per heavy atom. The Labute approximate surface area is 132 Å². The van der Waals surface area contributed by atoms with Crippen molar-refractivity contribution in [3.63, 3.8) is 0 Å². The highest BCUT2D eigenvalue weighted by Gasteiger charge is 2.19. The molecule has 0 saturated carbocycles. The SMILES string of the molecule is C(=N\Nc1ncnc2sc3c(c12)CCCC3)/c1cccnc1. The molecular formula is C16H15N5S. The monoisotopic (exact) mass is 309 g/mol. The molecule has 0 fully saturated rings. The van der Waals surface area contributed by atoms with Gasteiger partial charge in [0.15, 0.2) is 5.82 Å². The molecule has 0 atom stereocenters. The van der Waals surface area contributed by atoms with Gasteiger partial charge in [-0.05, 0) is 37.3 Å². The number of hydrazone groups is 1. The molecule has 1 aliphatic carbocycles. The van der Waals surface area contributed by atoms with Gasteiger partial charge in [-0.2, -0.15) is 5.10 Å². The third kappa shape index (κ3) is 2.46. The van der Waals surface area contributed by atoms with Crippen LogP contribution in [-0.4, -0.2) is 21.2 Å². The molecule has 0 bridgehead atoms. The minimum atomic E-state index is 0.796. The average molecular weight is 309 g/mol. The predicted octanol–water partition coefficient (Wildman–Crippen LogP) is 3.41. The molecule has 4 rings (SSSR count). The zero-order chi connectivity index (χ0) is 14.8. The van der Waals surface area contributed by atoms with Gasteiger partial charge in [-0.1, -0.05) is 6.07 Å². The molecule has 0 radical (unpaired) electrons. The van der Waals surface area contributed by atoms with E-state index in [1.807, 2.05) is 12.1 Å². The number of nitrogens with one attached hydrogen (secondary N) is 1. The molecule has 3 heterocycles. The van der Waals surface area contributed by atoms with E-state index in [9.17, 15) is 0 Å². The van der Waals surface area contributed by atoms with E-state index >= 15 is 0 Å². The van der Waals surface area contributed by atoms with Crippen molar-refractivity contribution in [1.29, 1.82) is 0 Å². The van der Waals surface area contributed by atoms with Crippen molar-refractivity contribution in [3.05, 3.63) is 46.9 Å². The van der Waals surface area contributed by atoms with Crippen LogP contribution < -0.4 is 5.43 Å². The van der Waals surface area contributed by atoms with Crippen LogP contribution in [0.2, 0.25) is 0 Å². The van der Waals surface area contributed by atoms with Crippen LogP contribution in [0.15, 0.2) is 36.0 Å². The topological polar surface area (TPSA) is 63.1 Å². The summed E-state index contributed by atoms with van der Waals surface area (Å²) in [7, 11) is 0. The molecule has 110 valence electrons. The van der Waals surface area contributed by atoms with E-state index in [2.05, 4.69) is 25.5 Å². The second-order valence-electron chi connectivity index (χ2n) is 5.27. The number of hydrogen-bond donors (Lipinski definition) is 1. The van der Waals surface area contributed by atoms with Crippen molar-refractivity contribution in [3.8, 4) is 0 Å². The smallest absolute Gasteiger partial charge is 0.158 e. The van der Waals surface area contributed by atoms with Crippen molar-refractivity contribution in [2.45, 2.75) is 25.7 Å². The summed E-state index contributed by atoms with van der Waals surface area (Å²) in [6.45, 7) is 0. The van der Waals surface area contributed by atoms with Gasteiger partial charge in [0.1, 0.15) is 11.2 Å². The van der Waals surface area contributed by atoms with Crippen molar-refractivity contribution >= 4 is 33.6 Å². The van der Waals surface area contributed by atoms with E-state index in [-0.39, 0.29) is 0 Å². The lowest BCUT2D eigenvalue weighted by atomic mass is 9.97. The number of aryl methyl sites for hydroxylation is 2. The second-order valence-corrected chi connectivity index (χ2v) is 6.35. The minimum absolute atomic E-state index is 0.796. The standard InChI is InChI=1S/C16H15N5S/c1-2-6-13-12(5-1)14-15(18-10-19-16(14)22-13)21-20-9-11-4-3-7-17-8-11/h3-4,7-10H,1-2,5-6H2,(H,18,19,21)/b20-9+. The van der Waals surface area contributed by atoms with E-state index in [0.29, 0.717) is 0 Å². The molecule has 0 unspecified atom stereocenters. The molecule has 6 heteroatoms. The fourth-order valence-corrected chi connectivity index (χ4v) is 4.02. The Bertz CT molecular complexity index is 825. The normalized spacial score (nSPS) is 14.4. The number of aromatic nitrogens is 3. The maximum Gasteiger partial charge on any atom is 0.158 e. The quantitative estimate of drug-likeness (QED) is 0.595. The largest absolute Gasteiger partial charge is 0.264 e. The van der Waals surface area contributed by atoms with Crippen LogP contribution in [0.25, 0.3) is 10.2 Å². The molecule has 1 aliphatic rings. The number of thiophene rings is 1. The Hall–Kier alpha value is -2.34. The zero-order valence-corrected chi connectivity index (χ0v) is 12.8. The highest BCUT2D eigenvalue weighted by atomic mass is 32.1. The number of hydrogen-bond acceptors (Lipinski definition) is 6. The predicted molar refractivity (Wildman–Crippen MR) is 89.5 cm³/mol. The third-order valence-electron chi connectivity index (χ3n) is 3.82. The van der Waals surface area contributed by atoms with E-state index in [1.165, 1.54) is 23.3 Å². The molecule has 0 aromatic carbocycles. The van der Waals surface area contributed by atoms with E-state index in [1.54, 1.807) is 36.3 Å². The Morgan fingerprint density at radius 2 is 2.18 bits per heavy atom. The highest BCUT2D eigenvalue weighted by Crippen LogP contribution is 2.37. The highest BCUT2D eigenvalue weighted by molar-refractivity contribution is 7.19. The average Bonchev–Trinajstić information content (AvgIpc) is 2.95. The third-order valence-corrected chi connectivity index (χ3v) is 5.02. The summed E-state index contributed by atoms with van der Waals surface area (Å²) in [6, 6.07) is 3.85. The summed E-state index contributed by atoms with van der Waals surface area (Å²) in [4.78, 5) is 15.4. The minimum Gasteiger partial charge on any atom is -0.264 e. The number of fused-ring (bicyclic) bond motifs is 3. The first kappa shape index (κ1) is 13.3. The summed E-state index contributed by atoms with van der Waals surface area (Å²) in [5.41, 5.74) is 5.43. The molecule has 3 aromatic heterocycles. The van der Waals surface area contributed by atoms with Crippen LogP contribution in [-0.2, 0) is 12.8 Å². The van der Waals surface area contributed by atoms with Crippen LogP contribution in [0.5, 0.6) is 0 Å². The molecule has 0 amide bonds. The van der Waals surface area contributed by atoms with E-state index < -0.39 is 0 Å². The van der Waals surface area contributed by atoms with Crippen LogP contribution in [0.4, 0.5) is 5.82 Å². The fourth-order valence-electron chi connectivity index (χ4n) is 2.80. The van der Waals surface area contributed by atoms with Crippen LogP contribution in [0, 0.1) is 0 Å². The van der Waals surface area contributed by atoms with Crippen molar-refractivity contribution in [1.82, 2.24) is 15.0 Å². The second kappa shape index (κ2) is 5.81. The van der Waals surface area contributed by atoms with Gasteiger partial charge in [-0.25, -0.2) is 9.97 Å². The van der Waals surface area contributed by atoms with Crippen molar-refractivity contribution in [2.75, 3.05) is 5.43 Å². The van der Waals surface area contributed by atoms with Gasteiger partial charge in [0, 0.05) is 22.8 Å². The first-order chi connectivity index (χ1) is 10.9. The molecule has 0 saturated heterocycles. The zero-order valence-electron chi connectivity index (χ0n) is 12.0. The lowest BCUT2D eigenvalue weighted by Gasteiger charge is -2.11. The molecule has 5 nitrogen and oxygen atoms in total. The first-order valence-electron chi connectivity index (χ1n) is 7.36.